The number of hydrogen-bond acceptors (Lipinski definition) is 2. The lowest BCUT2D eigenvalue weighted by atomic mass is 10.2. The van der Waals surface area contributed by atoms with E-state index in [4.69, 9.17) is 0 Å². The molecule has 4 nitrogen and oxygen atoms in total. The number of carbonyl (C=O) groups excluding carboxylic acids is 2. The van der Waals surface area contributed by atoms with Crippen molar-refractivity contribution in [2.45, 2.75) is 6.92 Å². The van der Waals surface area contributed by atoms with Gasteiger partial charge >= 0.3 is 0 Å². The summed E-state index contributed by atoms with van der Waals surface area (Å²) >= 11 is 0. The van der Waals surface area contributed by atoms with E-state index in [0.29, 0.717) is 12.1 Å². The molecule has 0 atom stereocenters. The number of nitrogens with one attached hydrogen (secondary N) is 2. The molecule has 74 valence electrons. The molecular formula is C9H9FN2O2. The highest BCUT2D eigenvalue weighted by atomic mass is 19.1. The average Bonchev–Trinajstić information content (AvgIpc) is 2.10. The third-order valence-electron chi connectivity index (χ3n) is 1.50. The van der Waals surface area contributed by atoms with E-state index < -0.39 is 5.82 Å². The molecule has 14 heavy (non-hydrogen) atoms. The number of hydrogen-bond donors (Lipinski definition) is 2. The van der Waals surface area contributed by atoms with Crippen LogP contribution in [0.4, 0.5) is 15.8 Å². The molecule has 0 spiro atoms. The number of anilines is 2. The molecule has 0 aliphatic rings. The molecule has 5 heteroatoms. The highest BCUT2D eigenvalue weighted by Gasteiger charge is 2.04. The summed E-state index contributed by atoms with van der Waals surface area (Å²) in [5.74, 6) is -0.913. The fourth-order valence-corrected chi connectivity index (χ4v) is 0.969. The second kappa shape index (κ2) is 4.36. The van der Waals surface area contributed by atoms with Gasteiger partial charge in [0, 0.05) is 12.6 Å². The second-order valence-corrected chi connectivity index (χ2v) is 2.64. The topological polar surface area (TPSA) is 58.2 Å². The molecule has 0 saturated carbocycles. The Morgan fingerprint density at radius 3 is 2.79 bits per heavy atom. The summed E-state index contributed by atoms with van der Waals surface area (Å²) in [5.41, 5.74) is 0.467. The second-order valence-electron chi connectivity index (χ2n) is 2.64. The Hall–Kier alpha value is -1.91. The molecule has 0 unspecified atom stereocenters. The molecule has 0 heterocycles. The van der Waals surface area contributed by atoms with Crippen LogP contribution < -0.4 is 10.6 Å². The van der Waals surface area contributed by atoms with Gasteiger partial charge in [0.15, 0.2) is 0 Å². The maximum absolute atomic E-state index is 13.0. The quantitative estimate of drug-likeness (QED) is 0.717. The molecule has 0 aliphatic carbocycles. The van der Waals surface area contributed by atoms with Gasteiger partial charge in [0.25, 0.3) is 0 Å². The average molecular weight is 196 g/mol. The van der Waals surface area contributed by atoms with Gasteiger partial charge in [0.1, 0.15) is 5.82 Å². The van der Waals surface area contributed by atoms with Gasteiger partial charge in [-0.25, -0.2) is 4.39 Å². The third-order valence-corrected chi connectivity index (χ3v) is 1.50. The summed E-state index contributed by atoms with van der Waals surface area (Å²) in [6.07, 6.45) is 0.477. The monoisotopic (exact) mass is 196 g/mol. The van der Waals surface area contributed by atoms with Crippen molar-refractivity contribution in [3.63, 3.8) is 0 Å². The lowest BCUT2D eigenvalue weighted by Crippen LogP contribution is -2.08. The Morgan fingerprint density at radius 1 is 1.50 bits per heavy atom. The van der Waals surface area contributed by atoms with Gasteiger partial charge in [-0.05, 0) is 18.2 Å². The Labute approximate surface area is 80.1 Å². The zero-order chi connectivity index (χ0) is 10.6. The molecule has 1 aromatic rings. The van der Waals surface area contributed by atoms with Gasteiger partial charge in [-0.1, -0.05) is 0 Å². The van der Waals surface area contributed by atoms with E-state index in [1.54, 1.807) is 0 Å². The molecule has 2 N–H and O–H groups in total. The first-order valence-electron chi connectivity index (χ1n) is 3.91. The van der Waals surface area contributed by atoms with Crippen molar-refractivity contribution in [1.29, 1.82) is 0 Å². The molecule has 0 aromatic heterocycles. The van der Waals surface area contributed by atoms with Crippen LogP contribution in [0.25, 0.3) is 0 Å². The fraction of sp³-hybridized carbons (Fsp3) is 0.111. The van der Waals surface area contributed by atoms with Crippen molar-refractivity contribution in [2.75, 3.05) is 10.6 Å². The Balaban J connectivity index is 2.95. The molecule has 1 aromatic carbocycles. The summed E-state index contributed by atoms with van der Waals surface area (Å²) in [7, 11) is 0. The van der Waals surface area contributed by atoms with E-state index in [9.17, 15) is 14.0 Å². The van der Waals surface area contributed by atoms with Crippen LogP contribution in [-0.4, -0.2) is 12.3 Å². The molecule has 0 radical (unpaired) electrons. The first-order valence-corrected chi connectivity index (χ1v) is 3.91. The minimum atomic E-state index is -0.545. The van der Waals surface area contributed by atoms with E-state index in [1.807, 2.05) is 0 Å². The molecule has 0 aliphatic heterocycles. The zero-order valence-electron chi connectivity index (χ0n) is 7.50. The standard InChI is InChI=1S/C9H9FN2O2/c1-6(14)12-9-4-7(11-5-13)2-3-8(9)10/h2-5H,1H3,(H,11,13)(H,12,14). The molecule has 2 amide bonds. The van der Waals surface area contributed by atoms with Gasteiger partial charge in [-0.2, -0.15) is 0 Å². The van der Waals surface area contributed by atoms with Crippen LogP contribution in [0.15, 0.2) is 18.2 Å². The number of rotatable bonds is 3. The molecule has 0 bridgehead atoms. The van der Waals surface area contributed by atoms with Gasteiger partial charge < -0.3 is 10.6 Å². The van der Waals surface area contributed by atoms with Gasteiger partial charge in [-0.3, -0.25) is 9.59 Å². The van der Waals surface area contributed by atoms with Crippen LogP contribution in [0, 0.1) is 5.82 Å². The fourth-order valence-electron chi connectivity index (χ4n) is 0.969. The largest absolute Gasteiger partial charge is 0.329 e. The van der Waals surface area contributed by atoms with Crippen LogP contribution in [0.3, 0.4) is 0 Å². The lowest BCUT2D eigenvalue weighted by Gasteiger charge is -2.05. The van der Waals surface area contributed by atoms with Crippen LogP contribution in [0.2, 0.25) is 0 Å². The minimum Gasteiger partial charge on any atom is -0.329 e. The van der Waals surface area contributed by atoms with Gasteiger partial charge in [0.05, 0.1) is 5.69 Å². The van der Waals surface area contributed by atoms with Gasteiger partial charge in [-0.15, -0.1) is 0 Å². The molecule has 0 fully saturated rings. The maximum Gasteiger partial charge on any atom is 0.221 e. The van der Waals surface area contributed by atoms with Crippen LogP contribution >= 0.6 is 0 Å². The summed E-state index contributed by atoms with van der Waals surface area (Å²) < 4.78 is 13.0. The highest BCUT2D eigenvalue weighted by molar-refractivity contribution is 5.89. The first kappa shape index (κ1) is 10.2. The van der Waals surface area contributed by atoms with E-state index in [1.165, 1.54) is 19.1 Å². The van der Waals surface area contributed by atoms with Crippen LogP contribution in [-0.2, 0) is 9.59 Å². The van der Waals surface area contributed by atoms with E-state index in [2.05, 4.69) is 10.6 Å². The molecular weight excluding hydrogens is 187 g/mol. The van der Waals surface area contributed by atoms with Crippen molar-refractivity contribution in [1.82, 2.24) is 0 Å². The van der Waals surface area contributed by atoms with E-state index in [0.717, 1.165) is 6.07 Å². The Bertz CT molecular complexity index is 366. The number of carbonyl (C=O) groups is 2. The first-order chi connectivity index (χ1) is 6.63. The molecule has 1 rings (SSSR count). The maximum atomic E-state index is 13.0. The van der Waals surface area contributed by atoms with E-state index in [-0.39, 0.29) is 11.6 Å². The van der Waals surface area contributed by atoms with Crippen LogP contribution in [0.5, 0.6) is 0 Å². The normalized spacial score (nSPS) is 9.29. The number of halogens is 1. The summed E-state index contributed by atoms with van der Waals surface area (Å²) in [4.78, 5) is 20.8. The van der Waals surface area contributed by atoms with Crippen molar-refractivity contribution < 1.29 is 14.0 Å². The third kappa shape index (κ3) is 2.55. The van der Waals surface area contributed by atoms with Crippen LogP contribution in [0.1, 0.15) is 6.92 Å². The number of benzene rings is 1. The zero-order valence-corrected chi connectivity index (χ0v) is 7.50. The number of amides is 2. The molecule has 0 saturated heterocycles. The Morgan fingerprint density at radius 2 is 2.21 bits per heavy atom. The van der Waals surface area contributed by atoms with Crippen molar-refractivity contribution in [3.05, 3.63) is 24.0 Å². The highest BCUT2D eigenvalue weighted by Crippen LogP contribution is 2.18. The summed E-state index contributed by atoms with van der Waals surface area (Å²) in [5, 5.41) is 4.65. The SMILES string of the molecule is CC(=O)Nc1cc(NC=O)ccc1F. The summed E-state index contributed by atoms with van der Waals surface area (Å²) in [6, 6.07) is 3.90. The van der Waals surface area contributed by atoms with Crippen molar-refractivity contribution >= 4 is 23.7 Å². The predicted molar refractivity (Wildman–Crippen MR) is 50.4 cm³/mol. The Kier molecular flexibility index (Phi) is 3.17. The predicted octanol–water partition coefficient (Wildman–Crippen LogP) is 1.35. The van der Waals surface area contributed by atoms with Crippen molar-refractivity contribution in [3.8, 4) is 0 Å². The lowest BCUT2D eigenvalue weighted by molar-refractivity contribution is -0.114. The van der Waals surface area contributed by atoms with Crippen molar-refractivity contribution in [2.24, 2.45) is 0 Å². The minimum absolute atomic E-state index is 0.0457. The van der Waals surface area contributed by atoms with E-state index >= 15 is 0 Å². The van der Waals surface area contributed by atoms with Gasteiger partial charge in [0.2, 0.25) is 12.3 Å². The smallest absolute Gasteiger partial charge is 0.221 e. The summed E-state index contributed by atoms with van der Waals surface area (Å²) in [6.45, 7) is 1.28.